The number of nitrogens with zero attached hydrogens (tertiary/aromatic N) is 2. The monoisotopic (exact) mass is 421 g/mol. The summed E-state index contributed by atoms with van der Waals surface area (Å²) in [5, 5.41) is 3.50. The van der Waals surface area contributed by atoms with Gasteiger partial charge in [0.1, 0.15) is 6.17 Å². The SMILES string of the molecule is O=C(C1=CC2=CC=NC(N(Cc3ccccc3)CC3C=CC=CC3)C2N1)c1ccccc1. The van der Waals surface area contributed by atoms with Gasteiger partial charge >= 0.3 is 0 Å². The Hall–Kier alpha value is -3.50. The smallest absolute Gasteiger partial charge is 0.208 e. The third kappa shape index (κ3) is 4.41. The minimum atomic E-state index is -0.0770. The number of benzene rings is 2. The summed E-state index contributed by atoms with van der Waals surface area (Å²) in [6.07, 6.45) is 15.6. The van der Waals surface area contributed by atoms with Crippen LogP contribution in [0.3, 0.4) is 0 Å². The second-order valence-electron chi connectivity index (χ2n) is 8.48. The molecule has 0 amide bonds. The number of allylic oxidation sites excluding steroid dienone is 5. The molecule has 32 heavy (non-hydrogen) atoms. The van der Waals surface area contributed by atoms with Crippen LogP contribution in [0.2, 0.25) is 0 Å². The largest absolute Gasteiger partial charge is 0.372 e. The van der Waals surface area contributed by atoms with E-state index in [4.69, 9.17) is 4.99 Å². The van der Waals surface area contributed by atoms with Gasteiger partial charge in [-0.2, -0.15) is 0 Å². The van der Waals surface area contributed by atoms with Crippen molar-refractivity contribution in [2.45, 2.75) is 25.2 Å². The molecule has 0 fully saturated rings. The predicted molar refractivity (Wildman–Crippen MR) is 129 cm³/mol. The van der Waals surface area contributed by atoms with Gasteiger partial charge in [-0.1, -0.05) is 85.0 Å². The van der Waals surface area contributed by atoms with Crippen LogP contribution in [0.25, 0.3) is 0 Å². The van der Waals surface area contributed by atoms with Gasteiger partial charge in [-0.3, -0.25) is 14.7 Å². The highest BCUT2D eigenvalue weighted by molar-refractivity contribution is 6.09. The molecule has 3 unspecified atom stereocenters. The summed E-state index contributed by atoms with van der Waals surface area (Å²) >= 11 is 0. The van der Waals surface area contributed by atoms with Crippen LogP contribution in [0.5, 0.6) is 0 Å². The van der Waals surface area contributed by atoms with Gasteiger partial charge in [-0.05, 0) is 35.6 Å². The fourth-order valence-corrected chi connectivity index (χ4v) is 4.58. The van der Waals surface area contributed by atoms with E-state index >= 15 is 0 Å². The fourth-order valence-electron chi connectivity index (χ4n) is 4.58. The Morgan fingerprint density at radius 3 is 2.56 bits per heavy atom. The van der Waals surface area contributed by atoms with Crippen molar-refractivity contribution in [3.8, 4) is 0 Å². The first-order valence-corrected chi connectivity index (χ1v) is 11.2. The summed E-state index contributed by atoms with van der Waals surface area (Å²) < 4.78 is 0. The van der Waals surface area contributed by atoms with Crippen molar-refractivity contribution in [3.63, 3.8) is 0 Å². The van der Waals surface area contributed by atoms with Crippen LogP contribution >= 0.6 is 0 Å². The van der Waals surface area contributed by atoms with E-state index in [1.54, 1.807) is 0 Å². The van der Waals surface area contributed by atoms with Crippen LogP contribution < -0.4 is 5.32 Å². The first-order chi connectivity index (χ1) is 15.8. The highest BCUT2D eigenvalue weighted by Gasteiger charge is 2.36. The van der Waals surface area contributed by atoms with E-state index in [0.717, 1.165) is 25.1 Å². The Kier molecular flexibility index (Phi) is 5.95. The lowest BCUT2D eigenvalue weighted by molar-refractivity contribution is 0.102. The zero-order chi connectivity index (χ0) is 21.8. The first-order valence-electron chi connectivity index (χ1n) is 11.2. The highest BCUT2D eigenvalue weighted by atomic mass is 16.1. The molecule has 2 heterocycles. The van der Waals surface area contributed by atoms with Crippen LogP contribution in [0.4, 0.5) is 0 Å². The number of hydrogen-bond acceptors (Lipinski definition) is 4. The molecule has 0 bridgehead atoms. The van der Waals surface area contributed by atoms with Crippen molar-refractivity contribution in [1.29, 1.82) is 0 Å². The van der Waals surface area contributed by atoms with Crippen LogP contribution in [-0.2, 0) is 6.54 Å². The van der Waals surface area contributed by atoms with E-state index < -0.39 is 0 Å². The number of fused-ring (bicyclic) bond motifs is 1. The van der Waals surface area contributed by atoms with Gasteiger partial charge in [0.15, 0.2) is 0 Å². The molecule has 2 aromatic rings. The van der Waals surface area contributed by atoms with Gasteiger partial charge in [0, 0.05) is 24.9 Å². The Morgan fingerprint density at radius 1 is 1.03 bits per heavy atom. The lowest BCUT2D eigenvalue weighted by atomic mass is 9.97. The first kappa shape index (κ1) is 20.4. The van der Waals surface area contributed by atoms with Gasteiger partial charge in [-0.25, -0.2) is 0 Å². The number of aliphatic imine (C=N–C) groups is 1. The molecule has 0 saturated carbocycles. The fraction of sp³-hybridized carbons (Fsp3) is 0.214. The third-order valence-corrected chi connectivity index (χ3v) is 6.21. The number of rotatable bonds is 7. The molecule has 1 aliphatic carbocycles. The standard InChI is InChI=1S/C28H27N3O/c32-27(23-14-8-3-9-15-23)25-18-24-16-17-29-28(26(24)30-25)31(19-21-10-4-1-5-11-21)20-22-12-6-2-7-13-22/h1-12,14-18,22,26,28,30H,13,19-20H2. The Morgan fingerprint density at radius 2 is 1.81 bits per heavy atom. The lowest BCUT2D eigenvalue weighted by Gasteiger charge is -2.37. The molecule has 0 saturated heterocycles. The Balaban J connectivity index is 1.38. The molecule has 0 aromatic heterocycles. The van der Waals surface area contributed by atoms with Gasteiger partial charge in [0.05, 0.1) is 11.7 Å². The molecule has 4 heteroatoms. The van der Waals surface area contributed by atoms with E-state index in [-0.39, 0.29) is 18.0 Å². The van der Waals surface area contributed by atoms with Crippen molar-refractivity contribution in [2.75, 3.05) is 6.54 Å². The molecule has 2 aromatic carbocycles. The van der Waals surface area contributed by atoms with Crippen molar-refractivity contribution in [1.82, 2.24) is 10.2 Å². The van der Waals surface area contributed by atoms with E-state index in [9.17, 15) is 4.79 Å². The lowest BCUT2D eigenvalue weighted by Crippen LogP contribution is -2.50. The third-order valence-electron chi connectivity index (χ3n) is 6.21. The maximum absolute atomic E-state index is 13.0. The van der Waals surface area contributed by atoms with E-state index in [0.29, 0.717) is 17.2 Å². The van der Waals surface area contributed by atoms with Crippen LogP contribution in [-0.4, -0.2) is 35.7 Å². The van der Waals surface area contributed by atoms with Crippen LogP contribution in [0, 0.1) is 5.92 Å². The number of Topliss-reactive ketones (excluding diaryl/α,β-unsaturated/α-hetero) is 1. The second-order valence-corrected chi connectivity index (χ2v) is 8.48. The zero-order valence-electron chi connectivity index (χ0n) is 18.0. The van der Waals surface area contributed by atoms with Crippen molar-refractivity contribution < 1.29 is 4.79 Å². The van der Waals surface area contributed by atoms with Crippen LogP contribution in [0.1, 0.15) is 22.3 Å². The summed E-state index contributed by atoms with van der Waals surface area (Å²) in [7, 11) is 0. The number of ketones is 1. The molecule has 5 rings (SSSR count). The van der Waals surface area contributed by atoms with Gasteiger partial charge in [0.25, 0.3) is 0 Å². The molecule has 0 spiro atoms. The molecular weight excluding hydrogens is 394 g/mol. The highest BCUT2D eigenvalue weighted by Crippen LogP contribution is 2.29. The van der Waals surface area contributed by atoms with Crippen molar-refractivity contribution in [3.05, 3.63) is 120 Å². The minimum absolute atomic E-state index is 0.0228. The van der Waals surface area contributed by atoms with Crippen molar-refractivity contribution >= 4 is 12.0 Å². The molecular formula is C28H27N3O. The Labute approximate surface area is 189 Å². The average Bonchev–Trinajstić information content (AvgIpc) is 3.30. The second kappa shape index (κ2) is 9.33. The topological polar surface area (TPSA) is 44.7 Å². The van der Waals surface area contributed by atoms with E-state index in [1.807, 2.05) is 54.8 Å². The summed E-state index contributed by atoms with van der Waals surface area (Å²) in [6.45, 7) is 1.72. The normalized spacial score (nSPS) is 23.5. The predicted octanol–water partition coefficient (Wildman–Crippen LogP) is 4.70. The maximum atomic E-state index is 13.0. The van der Waals surface area contributed by atoms with E-state index in [2.05, 4.69) is 58.8 Å². The summed E-state index contributed by atoms with van der Waals surface area (Å²) in [5.41, 5.74) is 3.72. The number of carbonyl (C=O) groups is 1. The molecule has 0 radical (unpaired) electrons. The quantitative estimate of drug-likeness (QED) is 0.660. The minimum Gasteiger partial charge on any atom is -0.372 e. The molecule has 3 atom stereocenters. The number of hydrogen-bond donors (Lipinski definition) is 1. The molecule has 2 aliphatic heterocycles. The summed E-state index contributed by atoms with van der Waals surface area (Å²) in [5.74, 6) is 0.475. The Bertz CT molecular complexity index is 1110. The summed E-state index contributed by atoms with van der Waals surface area (Å²) in [4.78, 5) is 20.4. The van der Waals surface area contributed by atoms with Gasteiger partial charge in [0.2, 0.25) is 5.78 Å². The molecule has 160 valence electrons. The number of nitrogens with one attached hydrogen (secondary N) is 1. The zero-order valence-corrected chi connectivity index (χ0v) is 18.0. The molecule has 4 nitrogen and oxygen atoms in total. The van der Waals surface area contributed by atoms with Crippen molar-refractivity contribution in [2.24, 2.45) is 10.9 Å². The molecule has 3 aliphatic rings. The van der Waals surface area contributed by atoms with Gasteiger partial charge in [-0.15, -0.1) is 0 Å². The van der Waals surface area contributed by atoms with Gasteiger partial charge < -0.3 is 5.32 Å². The maximum Gasteiger partial charge on any atom is 0.208 e. The molecule has 1 N–H and O–H groups in total. The number of dihydropyridines is 1. The summed E-state index contributed by atoms with van der Waals surface area (Å²) in [6, 6.07) is 19.9. The number of carbonyl (C=O) groups excluding carboxylic acids is 1. The van der Waals surface area contributed by atoms with Crippen LogP contribution in [0.15, 0.2) is 113 Å². The van der Waals surface area contributed by atoms with E-state index in [1.165, 1.54) is 5.56 Å². The average molecular weight is 422 g/mol.